The Morgan fingerprint density at radius 1 is 1.10 bits per heavy atom. The number of benzene rings is 1. The molecule has 2 saturated heterocycles. The zero-order valence-electron chi connectivity index (χ0n) is 12.7. The summed E-state index contributed by atoms with van der Waals surface area (Å²) in [7, 11) is 1.93. The molecule has 2 aliphatic heterocycles. The maximum Gasteiger partial charge on any atom is 0.231 e. The lowest BCUT2D eigenvalue weighted by Gasteiger charge is -2.63. The van der Waals surface area contributed by atoms with Gasteiger partial charge in [-0.1, -0.05) is 30.3 Å². The van der Waals surface area contributed by atoms with E-state index in [4.69, 9.17) is 0 Å². The van der Waals surface area contributed by atoms with Gasteiger partial charge in [-0.2, -0.15) is 0 Å². The van der Waals surface area contributed by atoms with Crippen LogP contribution in [0.15, 0.2) is 30.3 Å². The number of rotatable bonds is 2. The zero-order chi connectivity index (χ0) is 14.4. The Labute approximate surface area is 121 Å². The van der Waals surface area contributed by atoms with Crippen molar-refractivity contribution in [2.45, 2.75) is 38.8 Å². The van der Waals surface area contributed by atoms with Crippen molar-refractivity contribution in [2.24, 2.45) is 5.41 Å². The minimum Gasteiger partial charge on any atom is -0.339 e. The number of β-lactam (4-membered cyclic amide) rings is 1. The van der Waals surface area contributed by atoms with Gasteiger partial charge in [-0.3, -0.25) is 9.69 Å². The van der Waals surface area contributed by atoms with Gasteiger partial charge in [0.2, 0.25) is 5.91 Å². The lowest BCUT2D eigenvalue weighted by atomic mass is 9.57. The molecule has 1 aromatic carbocycles. The molecule has 2 heterocycles. The molecular weight excluding hydrogens is 248 g/mol. The number of amides is 1. The normalized spacial score (nSPS) is 24.8. The minimum atomic E-state index is -0.102. The molecule has 3 nitrogen and oxygen atoms in total. The van der Waals surface area contributed by atoms with E-state index in [-0.39, 0.29) is 11.0 Å². The molecule has 3 rings (SSSR count). The average molecular weight is 272 g/mol. The van der Waals surface area contributed by atoms with Gasteiger partial charge in [0.05, 0.1) is 11.0 Å². The SMILES string of the molecule is CN1C(=O)C2(CCN(Cc3ccccc3)CC2)C1(C)C. The van der Waals surface area contributed by atoms with Crippen LogP contribution in [0.5, 0.6) is 0 Å². The fourth-order valence-corrected chi connectivity index (χ4v) is 3.86. The second kappa shape index (κ2) is 4.59. The third-order valence-electron chi connectivity index (χ3n) is 5.68. The highest BCUT2D eigenvalue weighted by molar-refractivity contribution is 5.91. The summed E-state index contributed by atoms with van der Waals surface area (Å²) in [4.78, 5) is 16.7. The Bertz CT molecular complexity index is 501. The quantitative estimate of drug-likeness (QED) is 0.772. The van der Waals surface area contributed by atoms with E-state index in [9.17, 15) is 4.79 Å². The van der Waals surface area contributed by atoms with E-state index >= 15 is 0 Å². The van der Waals surface area contributed by atoms with Gasteiger partial charge < -0.3 is 4.90 Å². The summed E-state index contributed by atoms with van der Waals surface area (Å²) in [6.07, 6.45) is 1.99. The van der Waals surface area contributed by atoms with Crippen LogP contribution in [0.4, 0.5) is 0 Å². The van der Waals surface area contributed by atoms with E-state index in [1.54, 1.807) is 0 Å². The molecule has 0 radical (unpaired) electrons. The first-order chi connectivity index (χ1) is 9.47. The highest BCUT2D eigenvalue weighted by Crippen LogP contribution is 2.53. The summed E-state index contributed by atoms with van der Waals surface area (Å²) in [5, 5.41) is 0. The van der Waals surface area contributed by atoms with Gasteiger partial charge in [-0.25, -0.2) is 0 Å². The van der Waals surface area contributed by atoms with E-state index in [1.807, 2.05) is 11.9 Å². The van der Waals surface area contributed by atoms with Gasteiger partial charge >= 0.3 is 0 Å². The molecule has 2 aliphatic rings. The van der Waals surface area contributed by atoms with Gasteiger partial charge in [0.1, 0.15) is 0 Å². The van der Waals surface area contributed by atoms with Crippen LogP contribution < -0.4 is 0 Å². The number of piperidine rings is 1. The predicted molar refractivity (Wildman–Crippen MR) is 80.2 cm³/mol. The fraction of sp³-hybridized carbons (Fsp3) is 0.588. The van der Waals surface area contributed by atoms with Gasteiger partial charge in [-0.15, -0.1) is 0 Å². The number of carbonyl (C=O) groups is 1. The van der Waals surface area contributed by atoms with Crippen LogP contribution in [0.3, 0.4) is 0 Å². The molecule has 1 amide bonds. The largest absolute Gasteiger partial charge is 0.339 e. The van der Waals surface area contributed by atoms with Gasteiger partial charge in [0, 0.05) is 13.6 Å². The maximum absolute atomic E-state index is 12.3. The first-order valence-corrected chi connectivity index (χ1v) is 7.52. The molecule has 2 fully saturated rings. The van der Waals surface area contributed by atoms with Gasteiger partial charge in [0.25, 0.3) is 0 Å². The molecule has 0 bridgehead atoms. The van der Waals surface area contributed by atoms with Crippen LogP contribution in [0.25, 0.3) is 0 Å². The van der Waals surface area contributed by atoms with Crippen LogP contribution in [0, 0.1) is 5.41 Å². The third-order valence-corrected chi connectivity index (χ3v) is 5.68. The van der Waals surface area contributed by atoms with Crippen molar-refractivity contribution in [1.82, 2.24) is 9.80 Å². The summed E-state index contributed by atoms with van der Waals surface area (Å²) >= 11 is 0. The monoisotopic (exact) mass is 272 g/mol. The number of nitrogens with zero attached hydrogens (tertiary/aromatic N) is 2. The number of carbonyl (C=O) groups excluding carboxylic acids is 1. The maximum atomic E-state index is 12.3. The Kier molecular flexibility index (Phi) is 3.13. The van der Waals surface area contributed by atoms with E-state index in [2.05, 4.69) is 49.1 Å². The molecule has 0 unspecified atom stereocenters. The van der Waals surface area contributed by atoms with Crippen molar-refractivity contribution in [3.05, 3.63) is 35.9 Å². The second-order valence-electron chi connectivity index (χ2n) is 6.77. The number of hydrogen-bond donors (Lipinski definition) is 0. The standard InChI is InChI=1S/C17H24N2O/c1-16(2)17(15(20)18(16)3)9-11-19(12-10-17)13-14-7-5-4-6-8-14/h4-8H,9-13H2,1-3H3. The summed E-state index contributed by atoms with van der Waals surface area (Å²) < 4.78 is 0. The molecule has 0 aromatic heterocycles. The summed E-state index contributed by atoms with van der Waals surface area (Å²) in [5.74, 6) is 0.349. The fourth-order valence-electron chi connectivity index (χ4n) is 3.86. The molecule has 20 heavy (non-hydrogen) atoms. The number of hydrogen-bond acceptors (Lipinski definition) is 2. The van der Waals surface area contributed by atoms with Gasteiger partial charge in [-0.05, 0) is 45.3 Å². The molecule has 0 saturated carbocycles. The molecular formula is C17H24N2O. The average Bonchev–Trinajstić information content (AvgIpc) is 2.47. The Morgan fingerprint density at radius 2 is 1.70 bits per heavy atom. The Balaban J connectivity index is 1.64. The van der Waals surface area contributed by atoms with Crippen molar-refractivity contribution in [3.63, 3.8) is 0 Å². The van der Waals surface area contributed by atoms with Crippen molar-refractivity contribution >= 4 is 5.91 Å². The first-order valence-electron chi connectivity index (χ1n) is 7.52. The molecule has 108 valence electrons. The molecule has 0 atom stereocenters. The molecule has 3 heteroatoms. The molecule has 0 N–H and O–H groups in total. The van der Waals surface area contributed by atoms with E-state index in [1.165, 1.54) is 5.56 Å². The van der Waals surface area contributed by atoms with Crippen molar-refractivity contribution < 1.29 is 4.79 Å². The summed E-state index contributed by atoms with van der Waals surface area (Å²) in [5.41, 5.74) is 1.28. The Hall–Kier alpha value is -1.35. The van der Waals surface area contributed by atoms with E-state index in [0.29, 0.717) is 5.91 Å². The van der Waals surface area contributed by atoms with E-state index < -0.39 is 0 Å². The van der Waals surface area contributed by atoms with Crippen LogP contribution >= 0.6 is 0 Å². The Morgan fingerprint density at radius 3 is 2.25 bits per heavy atom. The van der Waals surface area contributed by atoms with Crippen molar-refractivity contribution in [2.75, 3.05) is 20.1 Å². The lowest BCUT2D eigenvalue weighted by molar-refractivity contribution is -0.192. The highest BCUT2D eigenvalue weighted by Gasteiger charge is 2.64. The minimum absolute atomic E-state index is 0.0168. The number of likely N-dealkylation sites (tertiary alicyclic amines) is 2. The van der Waals surface area contributed by atoms with Gasteiger partial charge in [0.15, 0.2) is 0 Å². The van der Waals surface area contributed by atoms with Crippen molar-refractivity contribution in [1.29, 1.82) is 0 Å². The first kappa shape index (κ1) is 13.6. The smallest absolute Gasteiger partial charge is 0.231 e. The van der Waals surface area contributed by atoms with E-state index in [0.717, 1.165) is 32.5 Å². The second-order valence-corrected chi connectivity index (χ2v) is 6.77. The van der Waals surface area contributed by atoms with Crippen molar-refractivity contribution in [3.8, 4) is 0 Å². The van der Waals surface area contributed by atoms with Crippen LogP contribution in [0.2, 0.25) is 0 Å². The summed E-state index contributed by atoms with van der Waals surface area (Å²) in [6.45, 7) is 7.47. The molecule has 0 aliphatic carbocycles. The lowest BCUT2D eigenvalue weighted by Crippen LogP contribution is -2.75. The zero-order valence-corrected chi connectivity index (χ0v) is 12.7. The van der Waals surface area contributed by atoms with Crippen LogP contribution in [-0.4, -0.2) is 41.4 Å². The van der Waals surface area contributed by atoms with Crippen LogP contribution in [-0.2, 0) is 11.3 Å². The topological polar surface area (TPSA) is 23.6 Å². The highest BCUT2D eigenvalue weighted by atomic mass is 16.2. The molecule has 1 aromatic rings. The summed E-state index contributed by atoms with van der Waals surface area (Å²) in [6, 6.07) is 10.6. The third kappa shape index (κ3) is 1.80. The molecule has 1 spiro atoms. The van der Waals surface area contributed by atoms with Crippen LogP contribution in [0.1, 0.15) is 32.3 Å². The predicted octanol–water partition coefficient (Wildman–Crippen LogP) is 2.52.